The summed E-state index contributed by atoms with van der Waals surface area (Å²) in [6.45, 7) is 1.60. The van der Waals surface area contributed by atoms with Gasteiger partial charge in [0.25, 0.3) is 0 Å². The maximum atomic E-state index is 13.0. The predicted octanol–water partition coefficient (Wildman–Crippen LogP) is 4.18. The number of pyridine rings is 1. The van der Waals surface area contributed by atoms with Crippen LogP contribution < -0.4 is 14.4 Å². The number of ether oxygens (including phenoxy) is 2. The van der Waals surface area contributed by atoms with Gasteiger partial charge in [0.1, 0.15) is 19.0 Å². The number of thioether (sulfide) groups is 1. The molecule has 0 saturated carbocycles. The quantitative estimate of drug-likeness (QED) is 0.589. The van der Waals surface area contributed by atoms with E-state index < -0.39 is 0 Å². The molecule has 1 amide bonds. The highest BCUT2D eigenvalue weighted by molar-refractivity contribution is 8.00. The van der Waals surface area contributed by atoms with Crippen LogP contribution in [-0.2, 0) is 11.3 Å². The largest absolute Gasteiger partial charge is 0.486 e. The third-order valence-corrected chi connectivity index (χ3v) is 5.26. The van der Waals surface area contributed by atoms with Crippen molar-refractivity contribution >= 4 is 23.5 Å². The maximum absolute atomic E-state index is 13.0. The predicted molar refractivity (Wildman–Crippen MR) is 110 cm³/mol. The van der Waals surface area contributed by atoms with Gasteiger partial charge < -0.3 is 9.47 Å². The number of hydrogen-bond acceptors (Lipinski definition) is 5. The van der Waals surface area contributed by atoms with E-state index in [0.717, 1.165) is 22.0 Å². The Morgan fingerprint density at radius 3 is 2.54 bits per heavy atom. The number of rotatable bonds is 6. The Kier molecular flexibility index (Phi) is 5.77. The van der Waals surface area contributed by atoms with Crippen LogP contribution in [0.15, 0.2) is 77.8 Å². The second-order valence-corrected chi connectivity index (χ2v) is 7.30. The topological polar surface area (TPSA) is 51.7 Å². The standard InChI is InChI=1S/C22H20N2O3S/c25-22(16-28-18-9-10-19-20(14-18)27-13-12-26-19)24(21-8-4-5-11-23-21)15-17-6-2-1-3-7-17/h1-11,14H,12-13,15-16H2. The van der Waals surface area contributed by atoms with Crippen LogP contribution in [0.5, 0.6) is 11.5 Å². The van der Waals surface area contributed by atoms with Crippen molar-refractivity contribution in [3.8, 4) is 11.5 Å². The molecule has 0 unspecified atom stereocenters. The first-order chi connectivity index (χ1) is 13.8. The lowest BCUT2D eigenvalue weighted by Crippen LogP contribution is -2.32. The molecule has 5 nitrogen and oxygen atoms in total. The molecule has 142 valence electrons. The first kappa shape index (κ1) is 18.4. The fraction of sp³-hybridized carbons (Fsp3) is 0.182. The molecule has 0 radical (unpaired) electrons. The van der Waals surface area contributed by atoms with Gasteiger partial charge in [-0.1, -0.05) is 36.4 Å². The molecule has 0 bridgehead atoms. The summed E-state index contributed by atoms with van der Waals surface area (Å²) in [6.07, 6.45) is 1.70. The second kappa shape index (κ2) is 8.80. The Bertz CT molecular complexity index is 935. The minimum atomic E-state index is 0.00226. The van der Waals surface area contributed by atoms with Gasteiger partial charge in [-0.15, -0.1) is 11.8 Å². The normalized spacial score (nSPS) is 12.4. The van der Waals surface area contributed by atoms with Crippen molar-refractivity contribution in [2.24, 2.45) is 0 Å². The van der Waals surface area contributed by atoms with E-state index in [1.165, 1.54) is 11.8 Å². The Labute approximate surface area is 168 Å². The molecule has 28 heavy (non-hydrogen) atoms. The van der Waals surface area contributed by atoms with Crippen LogP contribution in [0.3, 0.4) is 0 Å². The molecule has 0 aliphatic carbocycles. The number of nitrogens with zero attached hydrogens (tertiary/aromatic N) is 2. The summed E-state index contributed by atoms with van der Waals surface area (Å²) in [5, 5.41) is 0. The van der Waals surface area contributed by atoms with Crippen molar-refractivity contribution in [2.75, 3.05) is 23.9 Å². The molecular formula is C22H20N2O3S. The molecule has 1 aliphatic heterocycles. The van der Waals surface area contributed by atoms with Crippen molar-refractivity contribution in [2.45, 2.75) is 11.4 Å². The third kappa shape index (κ3) is 4.46. The highest BCUT2D eigenvalue weighted by Crippen LogP contribution is 2.34. The van der Waals surface area contributed by atoms with E-state index in [2.05, 4.69) is 4.98 Å². The van der Waals surface area contributed by atoms with Crippen molar-refractivity contribution < 1.29 is 14.3 Å². The summed E-state index contributed by atoms with van der Waals surface area (Å²) in [5.41, 5.74) is 1.06. The van der Waals surface area contributed by atoms with Gasteiger partial charge in [0.15, 0.2) is 11.5 Å². The van der Waals surface area contributed by atoms with Gasteiger partial charge in [-0.2, -0.15) is 0 Å². The van der Waals surface area contributed by atoms with E-state index in [4.69, 9.17) is 9.47 Å². The Hall–Kier alpha value is -2.99. The maximum Gasteiger partial charge on any atom is 0.238 e. The van der Waals surface area contributed by atoms with Crippen LogP contribution in [0, 0.1) is 0 Å². The average Bonchev–Trinajstić information content (AvgIpc) is 2.77. The number of anilines is 1. The molecule has 2 aromatic carbocycles. The third-order valence-electron chi connectivity index (χ3n) is 4.29. The van der Waals surface area contributed by atoms with E-state index in [9.17, 15) is 4.79 Å². The molecule has 0 N–H and O–H groups in total. The highest BCUT2D eigenvalue weighted by atomic mass is 32.2. The minimum Gasteiger partial charge on any atom is -0.486 e. The number of carbonyl (C=O) groups excluding carboxylic acids is 1. The Balaban J connectivity index is 1.48. The first-order valence-corrected chi connectivity index (χ1v) is 10.1. The molecule has 0 fully saturated rings. The molecule has 2 heterocycles. The molecule has 1 aliphatic rings. The molecule has 0 saturated heterocycles. The summed E-state index contributed by atoms with van der Waals surface area (Å²) < 4.78 is 11.2. The average molecular weight is 392 g/mol. The number of amides is 1. The molecule has 1 aromatic heterocycles. The molecule has 3 aromatic rings. The monoisotopic (exact) mass is 392 g/mol. The number of aromatic nitrogens is 1. The first-order valence-electron chi connectivity index (χ1n) is 9.07. The van der Waals surface area contributed by atoms with Gasteiger partial charge in [-0.05, 0) is 35.9 Å². The summed E-state index contributed by atoms with van der Waals surface area (Å²) in [7, 11) is 0. The van der Waals surface area contributed by atoms with Gasteiger partial charge in [0, 0.05) is 11.1 Å². The van der Waals surface area contributed by atoms with Crippen LogP contribution in [0.25, 0.3) is 0 Å². The lowest BCUT2D eigenvalue weighted by atomic mass is 10.2. The molecule has 6 heteroatoms. The van der Waals surface area contributed by atoms with E-state index >= 15 is 0 Å². The Morgan fingerprint density at radius 1 is 0.964 bits per heavy atom. The zero-order chi connectivity index (χ0) is 19.2. The molecule has 0 spiro atoms. The van der Waals surface area contributed by atoms with Crippen molar-refractivity contribution in [1.82, 2.24) is 4.98 Å². The molecule has 4 rings (SSSR count). The number of fused-ring (bicyclic) bond motifs is 1. The van der Waals surface area contributed by atoms with Gasteiger partial charge in [0.2, 0.25) is 5.91 Å². The van der Waals surface area contributed by atoms with Gasteiger partial charge >= 0.3 is 0 Å². The number of hydrogen-bond donors (Lipinski definition) is 0. The summed E-state index contributed by atoms with van der Waals surface area (Å²) in [6, 6.07) is 21.3. The fourth-order valence-electron chi connectivity index (χ4n) is 2.91. The fourth-order valence-corrected chi connectivity index (χ4v) is 3.71. The lowest BCUT2D eigenvalue weighted by molar-refractivity contribution is -0.116. The van der Waals surface area contributed by atoms with Crippen LogP contribution in [-0.4, -0.2) is 29.9 Å². The van der Waals surface area contributed by atoms with Crippen LogP contribution >= 0.6 is 11.8 Å². The number of carbonyl (C=O) groups is 1. The Morgan fingerprint density at radius 2 is 1.75 bits per heavy atom. The van der Waals surface area contributed by atoms with Crippen molar-refractivity contribution in [3.05, 3.63) is 78.5 Å². The van der Waals surface area contributed by atoms with E-state index in [0.29, 0.717) is 31.3 Å². The SMILES string of the molecule is O=C(CSc1ccc2c(c1)OCCO2)N(Cc1ccccc1)c1ccccn1. The van der Waals surface area contributed by atoms with Gasteiger partial charge in [-0.25, -0.2) is 4.98 Å². The van der Waals surface area contributed by atoms with Crippen LogP contribution in [0.4, 0.5) is 5.82 Å². The van der Waals surface area contributed by atoms with Crippen molar-refractivity contribution in [1.29, 1.82) is 0 Å². The summed E-state index contributed by atoms with van der Waals surface area (Å²) >= 11 is 1.48. The van der Waals surface area contributed by atoms with Gasteiger partial charge in [-0.3, -0.25) is 9.69 Å². The zero-order valence-electron chi connectivity index (χ0n) is 15.3. The molecule has 0 atom stereocenters. The summed E-state index contributed by atoms with van der Waals surface area (Å²) in [5.74, 6) is 2.44. The lowest BCUT2D eigenvalue weighted by Gasteiger charge is -2.22. The van der Waals surface area contributed by atoms with E-state index in [1.807, 2.05) is 66.7 Å². The van der Waals surface area contributed by atoms with E-state index in [1.54, 1.807) is 11.1 Å². The molecular weight excluding hydrogens is 372 g/mol. The smallest absolute Gasteiger partial charge is 0.238 e. The number of benzene rings is 2. The minimum absolute atomic E-state index is 0.00226. The summed E-state index contributed by atoms with van der Waals surface area (Å²) in [4.78, 5) is 20.1. The zero-order valence-corrected chi connectivity index (χ0v) is 16.1. The highest BCUT2D eigenvalue weighted by Gasteiger charge is 2.18. The van der Waals surface area contributed by atoms with Crippen molar-refractivity contribution in [3.63, 3.8) is 0 Å². The second-order valence-electron chi connectivity index (χ2n) is 6.25. The van der Waals surface area contributed by atoms with E-state index in [-0.39, 0.29) is 5.91 Å². The van der Waals surface area contributed by atoms with Crippen LogP contribution in [0.2, 0.25) is 0 Å². The van der Waals surface area contributed by atoms with Crippen LogP contribution in [0.1, 0.15) is 5.56 Å². The van der Waals surface area contributed by atoms with Gasteiger partial charge in [0.05, 0.1) is 12.3 Å².